The molecule has 0 atom stereocenters. The molecule has 0 aliphatic heterocycles. The Bertz CT molecular complexity index is 790. The van der Waals surface area contributed by atoms with E-state index in [0.29, 0.717) is 17.8 Å². The second kappa shape index (κ2) is 11.6. The minimum Gasteiger partial charge on any atom is -0.216 e. The molecule has 0 heterocycles. The summed E-state index contributed by atoms with van der Waals surface area (Å²) in [4.78, 5) is 0. The Morgan fingerprint density at radius 1 is 0.828 bits per heavy atom. The lowest BCUT2D eigenvalue weighted by molar-refractivity contribution is 0.302. The van der Waals surface area contributed by atoms with Crippen LogP contribution in [0.25, 0.3) is 11.1 Å². The fourth-order valence-electron chi connectivity index (χ4n) is 4.58. The third kappa shape index (κ3) is 6.57. The number of allylic oxidation sites excluding steroid dienone is 1. The van der Waals surface area contributed by atoms with Gasteiger partial charge in [0.05, 0.1) is 18.0 Å². The summed E-state index contributed by atoms with van der Waals surface area (Å²) >= 11 is 0. The summed E-state index contributed by atoms with van der Waals surface area (Å²) in [7, 11) is 0. The van der Waals surface area contributed by atoms with Gasteiger partial charge in [-0.05, 0) is 79.2 Å². The number of hydrogen-bond acceptors (Lipinski definition) is 1. The van der Waals surface area contributed by atoms with E-state index in [-0.39, 0.29) is 0 Å². The van der Waals surface area contributed by atoms with Crippen LogP contribution in [0.15, 0.2) is 60.9 Å². The van der Waals surface area contributed by atoms with Crippen molar-refractivity contribution < 1.29 is 4.39 Å². The average Bonchev–Trinajstić information content (AvgIpc) is 2.79. The Hall–Kier alpha value is -2.40. The third-order valence-corrected chi connectivity index (χ3v) is 6.40. The van der Waals surface area contributed by atoms with Crippen molar-refractivity contribution in [1.29, 1.82) is 5.26 Å². The zero-order valence-corrected chi connectivity index (χ0v) is 17.3. The van der Waals surface area contributed by atoms with Crippen molar-refractivity contribution in [1.82, 2.24) is 0 Å². The van der Waals surface area contributed by atoms with Crippen LogP contribution in [0.5, 0.6) is 0 Å². The zero-order valence-electron chi connectivity index (χ0n) is 17.3. The summed E-state index contributed by atoms with van der Waals surface area (Å²) in [6.45, 7) is 0. The molecule has 0 unspecified atom stereocenters. The summed E-state index contributed by atoms with van der Waals surface area (Å²) in [5.74, 6) is 1.60. The fourth-order valence-corrected chi connectivity index (χ4v) is 4.58. The first-order chi connectivity index (χ1) is 14.3. The molecule has 1 aliphatic rings. The Morgan fingerprint density at radius 2 is 1.45 bits per heavy atom. The highest BCUT2D eigenvalue weighted by molar-refractivity contribution is 5.64. The van der Waals surface area contributed by atoms with Gasteiger partial charge in [-0.2, -0.15) is 5.26 Å². The smallest absolute Gasteiger partial charge is 0.0991 e. The molecule has 0 bridgehead atoms. The molecule has 2 heteroatoms. The van der Waals surface area contributed by atoms with Gasteiger partial charge in [-0.3, -0.25) is 0 Å². The van der Waals surface area contributed by atoms with E-state index in [1.165, 1.54) is 68.1 Å². The van der Waals surface area contributed by atoms with Gasteiger partial charge in [0.25, 0.3) is 0 Å². The molecule has 1 saturated carbocycles. The van der Waals surface area contributed by atoms with E-state index in [4.69, 9.17) is 5.26 Å². The van der Waals surface area contributed by atoms with E-state index in [0.717, 1.165) is 18.8 Å². The van der Waals surface area contributed by atoms with Crippen molar-refractivity contribution in [3.63, 3.8) is 0 Å². The molecular weight excluding hydrogens is 357 g/mol. The summed E-state index contributed by atoms with van der Waals surface area (Å²) in [5.41, 5.74) is 4.56. The number of unbranched alkanes of at least 4 members (excludes halogenated alkanes) is 4. The predicted molar refractivity (Wildman–Crippen MR) is 119 cm³/mol. The predicted octanol–water partition coefficient (Wildman–Crippen LogP) is 8.32. The van der Waals surface area contributed by atoms with Crippen molar-refractivity contribution in [3.8, 4) is 17.2 Å². The maximum Gasteiger partial charge on any atom is 0.0991 e. The fraction of sp³-hybridized carbons (Fsp3) is 0.444. The van der Waals surface area contributed by atoms with Crippen LogP contribution in [0, 0.1) is 17.2 Å². The maximum atomic E-state index is 11.9. The summed E-state index contributed by atoms with van der Waals surface area (Å²) in [5, 5.41) is 8.93. The first-order valence-corrected chi connectivity index (χ1v) is 11.2. The van der Waals surface area contributed by atoms with Crippen molar-refractivity contribution in [2.45, 2.75) is 70.1 Å². The standard InChI is InChI=1S/C27H32FN/c28-20-6-4-2-1-3-5-7-22-8-12-24(13-9-22)26-16-18-27(19-17-26)25-14-10-23(21-29)11-15-25/h6,10-11,14-20,22,24H,1-5,7-9,12-13H2. The Kier molecular flexibility index (Phi) is 8.50. The van der Waals surface area contributed by atoms with Crippen LogP contribution in [0.3, 0.4) is 0 Å². The largest absolute Gasteiger partial charge is 0.216 e. The van der Waals surface area contributed by atoms with Crippen molar-refractivity contribution in [2.24, 2.45) is 5.92 Å². The SMILES string of the molecule is N#Cc1ccc(-c2ccc(C3CCC(CCCCCCC=CF)CC3)cc2)cc1. The number of nitriles is 1. The zero-order chi connectivity index (χ0) is 20.3. The number of benzene rings is 2. The molecule has 0 radical (unpaired) electrons. The van der Waals surface area contributed by atoms with Crippen molar-refractivity contribution >= 4 is 0 Å². The molecular formula is C27H32FN. The maximum absolute atomic E-state index is 11.9. The number of nitrogens with zero attached hydrogens (tertiary/aromatic N) is 1. The van der Waals surface area contributed by atoms with Crippen LogP contribution < -0.4 is 0 Å². The molecule has 2 aromatic rings. The quantitative estimate of drug-likeness (QED) is 0.395. The Balaban J connectivity index is 1.41. The lowest BCUT2D eigenvalue weighted by Gasteiger charge is -2.29. The van der Waals surface area contributed by atoms with Gasteiger partial charge in [-0.1, -0.05) is 68.2 Å². The molecule has 1 nitrogen and oxygen atoms in total. The molecule has 0 spiro atoms. The van der Waals surface area contributed by atoms with Crippen molar-refractivity contribution in [2.75, 3.05) is 0 Å². The van der Waals surface area contributed by atoms with Crippen molar-refractivity contribution in [3.05, 3.63) is 72.1 Å². The average molecular weight is 390 g/mol. The second-order valence-corrected chi connectivity index (χ2v) is 8.38. The molecule has 152 valence electrons. The van der Waals surface area contributed by atoms with Gasteiger partial charge in [0, 0.05) is 0 Å². The van der Waals surface area contributed by atoms with Crippen LogP contribution in [-0.4, -0.2) is 0 Å². The number of halogens is 1. The van der Waals surface area contributed by atoms with E-state index < -0.39 is 0 Å². The van der Waals surface area contributed by atoms with Gasteiger partial charge in [-0.15, -0.1) is 0 Å². The van der Waals surface area contributed by atoms with Gasteiger partial charge in [0.2, 0.25) is 0 Å². The van der Waals surface area contributed by atoms with Crippen LogP contribution >= 0.6 is 0 Å². The van der Waals surface area contributed by atoms with Crippen LogP contribution in [0.4, 0.5) is 4.39 Å². The lowest BCUT2D eigenvalue weighted by Crippen LogP contribution is -2.13. The minimum atomic E-state index is 0.666. The molecule has 0 saturated heterocycles. The van der Waals surface area contributed by atoms with Gasteiger partial charge in [-0.25, -0.2) is 4.39 Å². The molecule has 0 amide bonds. The Labute approximate surface area is 175 Å². The molecule has 29 heavy (non-hydrogen) atoms. The lowest BCUT2D eigenvalue weighted by atomic mass is 9.77. The molecule has 1 fully saturated rings. The summed E-state index contributed by atoms with van der Waals surface area (Å²) < 4.78 is 11.9. The molecule has 2 aromatic carbocycles. The van der Waals surface area contributed by atoms with Gasteiger partial charge >= 0.3 is 0 Å². The Morgan fingerprint density at radius 3 is 2.07 bits per heavy atom. The highest BCUT2D eigenvalue weighted by Gasteiger charge is 2.22. The highest BCUT2D eigenvalue weighted by Crippen LogP contribution is 2.38. The van der Waals surface area contributed by atoms with Crippen LogP contribution in [0.2, 0.25) is 0 Å². The van der Waals surface area contributed by atoms with E-state index in [2.05, 4.69) is 30.3 Å². The normalized spacial score (nSPS) is 19.3. The van der Waals surface area contributed by atoms with Gasteiger partial charge < -0.3 is 0 Å². The molecule has 1 aliphatic carbocycles. The summed E-state index contributed by atoms with van der Waals surface area (Å²) in [6, 6.07) is 19.0. The molecule has 3 rings (SSSR count). The summed E-state index contributed by atoms with van der Waals surface area (Å²) in [6.07, 6.45) is 14.8. The second-order valence-electron chi connectivity index (χ2n) is 8.38. The third-order valence-electron chi connectivity index (χ3n) is 6.40. The van der Waals surface area contributed by atoms with E-state index in [9.17, 15) is 4.39 Å². The van der Waals surface area contributed by atoms with Gasteiger partial charge in [0.1, 0.15) is 0 Å². The molecule has 0 aromatic heterocycles. The van der Waals surface area contributed by atoms with Gasteiger partial charge in [0.15, 0.2) is 0 Å². The number of hydrogen-bond donors (Lipinski definition) is 0. The monoisotopic (exact) mass is 389 g/mol. The van der Waals surface area contributed by atoms with Crippen LogP contribution in [-0.2, 0) is 0 Å². The molecule has 0 N–H and O–H groups in total. The first kappa shape index (κ1) is 21.3. The van der Waals surface area contributed by atoms with E-state index >= 15 is 0 Å². The number of rotatable bonds is 9. The van der Waals surface area contributed by atoms with E-state index in [1.54, 1.807) is 6.08 Å². The first-order valence-electron chi connectivity index (χ1n) is 11.2. The van der Waals surface area contributed by atoms with Crippen LogP contribution in [0.1, 0.15) is 81.3 Å². The minimum absolute atomic E-state index is 0.666. The topological polar surface area (TPSA) is 23.8 Å². The highest BCUT2D eigenvalue weighted by atomic mass is 19.1. The van der Waals surface area contributed by atoms with E-state index in [1.807, 2.05) is 24.3 Å².